The molecule has 2 rings (SSSR count). The maximum Gasteiger partial charge on any atom is 0.271 e. The first-order valence-corrected chi connectivity index (χ1v) is 7.15. The van der Waals surface area contributed by atoms with Gasteiger partial charge in [0.1, 0.15) is 11.5 Å². The number of ether oxygens (including phenoxy) is 1. The minimum absolute atomic E-state index is 0.0991. The predicted octanol–water partition coefficient (Wildman–Crippen LogP) is 4.86. The number of nitro benzene ring substituents is 1. The normalized spacial score (nSPS) is 12.0. The second kappa shape index (κ2) is 6.43. The van der Waals surface area contributed by atoms with E-state index < -0.39 is 11.0 Å². The molecule has 0 aliphatic heterocycles. The van der Waals surface area contributed by atoms with E-state index in [-0.39, 0.29) is 10.7 Å². The van der Waals surface area contributed by atoms with Gasteiger partial charge >= 0.3 is 0 Å². The van der Waals surface area contributed by atoms with E-state index in [1.165, 1.54) is 18.2 Å². The first-order valence-electron chi connectivity index (χ1n) is 5.98. The summed E-state index contributed by atoms with van der Waals surface area (Å²) in [5, 5.41) is 20.4. The van der Waals surface area contributed by atoms with E-state index in [4.69, 9.17) is 16.3 Å². The number of hydrogen-bond acceptors (Lipinski definition) is 4. The summed E-state index contributed by atoms with van der Waals surface area (Å²) in [6.45, 7) is 1.66. The van der Waals surface area contributed by atoms with Gasteiger partial charge in [-0.3, -0.25) is 10.1 Å². The van der Waals surface area contributed by atoms with Gasteiger partial charge in [0.05, 0.1) is 16.0 Å². The van der Waals surface area contributed by atoms with Crippen molar-refractivity contribution < 1.29 is 14.8 Å². The topological polar surface area (TPSA) is 72.6 Å². The number of benzene rings is 2. The van der Waals surface area contributed by atoms with Crippen LogP contribution in [-0.2, 0) is 0 Å². The summed E-state index contributed by atoms with van der Waals surface area (Å²) in [6, 6.07) is 9.10. The zero-order valence-electron chi connectivity index (χ0n) is 10.9. The summed E-state index contributed by atoms with van der Waals surface area (Å²) in [5.41, 5.74) is 0.634. The summed E-state index contributed by atoms with van der Waals surface area (Å²) in [4.78, 5) is 10.1. The molecule has 0 heterocycles. The zero-order chi connectivity index (χ0) is 15.6. The van der Waals surface area contributed by atoms with Gasteiger partial charge in [-0.15, -0.1) is 0 Å². The Bertz CT molecular complexity index is 691. The molecule has 0 bridgehead atoms. The second-order valence-electron chi connectivity index (χ2n) is 4.33. The quantitative estimate of drug-likeness (QED) is 0.614. The molecule has 110 valence electrons. The molecule has 2 aromatic rings. The van der Waals surface area contributed by atoms with Crippen LogP contribution >= 0.6 is 27.5 Å². The molecule has 5 nitrogen and oxygen atoms in total. The minimum Gasteiger partial charge on any atom is -0.456 e. The number of halogens is 2. The van der Waals surface area contributed by atoms with Crippen molar-refractivity contribution in [3.05, 3.63) is 61.6 Å². The number of hydrogen-bond donors (Lipinski definition) is 1. The Balaban J connectivity index is 2.26. The standard InChI is InChI=1S/C14H11BrClNO4/c1-8(18)11-4-3-10(7-12(11)15)21-14-5-2-9(17(19)20)6-13(14)16/h2-8,18H,1H3/t8-/m1/s1. The van der Waals surface area contributed by atoms with E-state index in [9.17, 15) is 15.2 Å². The van der Waals surface area contributed by atoms with Crippen LogP contribution < -0.4 is 4.74 Å². The SMILES string of the molecule is C[C@@H](O)c1ccc(Oc2ccc([N+](=O)[O-])cc2Cl)cc1Br. The van der Waals surface area contributed by atoms with E-state index in [0.717, 1.165) is 5.56 Å². The Hall–Kier alpha value is -1.63. The van der Waals surface area contributed by atoms with Crippen LogP contribution in [-0.4, -0.2) is 10.0 Å². The molecule has 0 saturated heterocycles. The van der Waals surface area contributed by atoms with Crippen molar-refractivity contribution in [3.8, 4) is 11.5 Å². The maximum atomic E-state index is 10.6. The third-order valence-electron chi connectivity index (χ3n) is 2.78. The number of rotatable bonds is 4. The Labute approximate surface area is 134 Å². The lowest BCUT2D eigenvalue weighted by Gasteiger charge is -2.11. The van der Waals surface area contributed by atoms with Crippen molar-refractivity contribution >= 4 is 33.2 Å². The highest BCUT2D eigenvalue weighted by Crippen LogP contribution is 2.34. The lowest BCUT2D eigenvalue weighted by Crippen LogP contribution is -1.94. The average Bonchev–Trinajstić information content (AvgIpc) is 2.40. The minimum atomic E-state index is -0.601. The number of aliphatic hydroxyl groups excluding tert-OH is 1. The van der Waals surface area contributed by atoms with Gasteiger partial charge < -0.3 is 9.84 Å². The Morgan fingerprint density at radius 3 is 2.57 bits per heavy atom. The van der Waals surface area contributed by atoms with Gasteiger partial charge in [-0.05, 0) is 30.7 Å². The predicted molar refractivity (Wildman–Crippen MR) is 83.0 cm³/mol. The number of nitro groups is 1. The van der Waals surface area contributed by atoms with Crippen LogP contribution in [0, 0.1) is 10.1 Å². The van der Waals surface area contributed by atoms with Gasteiger partial charge in [-0.25, -0.2) is 0 Å². The van der Waals surface area contributed by atoms with Gasteiger partial charge in [-0.2, -0.15) is 0 Å². The highest BCUT2D eigenvalue weighted by molar-refractivity contribution is 9.10. The smallest absolute Gasteiger partial charge is 0.271 e. The summed E-state index contributed by atoms with van der Waals surface area (Å²) in [5.74, 6) is 0.820. The third-order valence-corrected chi connectivity index (χ3v) is 3.76. The first kappa shape index (κ1) is 15.8. The largest absolute Gasteiger partial charge is 0.456 e. The lowest BCUT2D eigenvalue weighted by molar-refractivity contribution is -0.384. The Morgan fingerprint density at radius 2 is 2.05 bits per heavy atom. The first-order chi connectivity index (χ1) is 9.88. The molecule has 21 heavy (non-hydrogen) atoms. The van der Waals surface area contributed by atoms with E-state index in [1.807, 2.05) is 0 Å². The van der Waals surface area contributed by atoms with Crippen LogP contribution in [0.3, 0.4) is 0 Å². The van der Waals surface area contributed by atoms with E-state index >= 15 is 0 Å². The molecule has 2 aromatic carbocycles. The molecule has 0 amide bonds. The van der Waals surface area contributed by atoms with Crippen LogP contribution in [0.2, 0.25) is 5.02 Å². The fourth-order valence-electron chi connectivity index (χ4n) is 1.72. The van der Waals surface area contributed by atoms with Crippen LogP contribution in [0.1, 0.15) is 18.6 Å². The molecule has 0 saturated carbocycles. The lowest BCUT2D eigenvalue weighted by atomic mass is 10.1. The molecule has 7 heteroatoms. The highest BCUT2D eigenvalue weighted by Gasteiger charge is 2.12. The van der Waals surface area contributed by atoms with Gasteiger partial charge in [0.2, 0.25) is 0 Å². The van der Waals surface area contributed by atoms with Crippen LogP contribution in [0.4, 0.5) is 5.69 Å². The fraction of sp³-hybridized carbons (Fsp3) is 0.143. The van der Waals surface area contributed by atoms with Crippen LogP contribution in [0.25, 0.3) is 0 Å². The summed E-state index contributed by atoms with van der Waals surface area (Å²) in [6.07, 6.45) is -0.601. The van der Waals surface area contributed by atoms with E-state index in [2.05, 4.69) is 15.9 Å². The van der Waals surface area contributed by atoms with Crippen molar-refractivity contribution in [3.63, 3.8) is 0 Å². The molecule has 0 fully saturated rings. The summed E-state index contributed by atoms with van der Waals surface area (Å²) >= 11 is 9.31. The van der Waals surface area contributed by atoms with Crippen LogP contribution in [0.15, 0.2) is 40.9 Å². The Kier molecular flexibility index (Phi) is 4.82. The molecule has 0 aliphatic carbocycles. The molecule has 0 spiro atoms. The van der Waals surface area contributed by atoms with Crippen molar-refractivity contribution in [1.82, 2.24) is 0 Å². The summed E-state index contributed by atoms with van der Waals surface area (Å²) in [7, 11) is 0. The zero-order valence-corrected chi connectivity index (χ0v) is 13.3. The second-order valence-corrected chi connectivity index (χ2v) is 5.59. The molecule has 1 N–H and O–H groups in total. The number of non-ortho nitro benzene ring substituents is 1. The van der Waals surface area contributed by atoms with Crippen molar-refractivity contribution in [2.45, 2.75) is 13.0 Å². The molecule has 1 atom stereocenters. The van der Waals surface area contributed by atoms with Crippen LogP contribution in [0.5, 0.6) is 11.5 Å². The molecular formula is C14H11BrClNO4. The molecule has 0 unspecified atom stereocenters. The average molecular weight is 373 g/mol. The number of nitrogens with zero attached hydrogens (tertiary/aromatic N) is 1. The Morgan fingerprint density at radius 1 is 1.33 bits per heavy atom. The van der Waals surface area contributed by atoms with Gasteiger partial charge in [0, 0.05) is 16.6 Å². The van der Waals surface area contributed by atoms with Crippen molar-refractivity contribution in [2.24, 2.45) is 0 Å². The van der Waals surface area contributed by atoms with Crippen molar-refractivity contribution in [2.75, 3.05) is 0 Å². The monoisotopic (exact) mass is 371 g/mol. The van der Waals surface area contributed by atoms with Gasteiger partial charge in [0.15, 0.2) is 0 Å². The molecule has 0 aromatic heterocycles. The van der Waals surface area contributed by atoms with Gasteiger partial charge in [-0.1, -0.05) is 33.6 Å². The van der Waals surface area contributed by atoms with Crippen molar-refractivity contribution in [1.29, 1.82) is 0 Å². The van der Waals surface area contributed by atoms with Gasteiger partial charge in [0.25, 0.3) is 5.69 Å². The number of aliphatic hydroxyl groups is 1. The molecule has 0 radical (unpaired) electrons. The third kappa shape index (κ3) is 3.72. The molecule has 0 aliphatic rings. The fourth-order valence-corrected chi connectivity index (χ4v) is 2.63. The van der Waals surface area contributed by atoms with E-state index in [0.29, 0.717) is 16.0 Å². The van der Waals surface area contributed by atoms with E-state index in [1.54, 1.807) is 25.1 Å². The maximum absolute atomic E-state index is 10.6. The summed E-state index contributed by atoms with van der Waals surface area (Å²) < 4.78 is 6.30. The highest BCUT2D eigenvalue weighted by atomic mass is 79.9. The molecular weight excluding hydrogens is 362 g/mol.